The van der Waals surface area contributed by atoms with Crippen molar-refractivity contribution in [2.24, 2.45) is 0 Å². The first-order valence-corrected chi connectivity index (χ1v) is 5.38. The molecular weight excluding hydrogens is 222 g/mol. The Bertz CT molecular complexity index is 163. The molecule has 0 aliphatic carbocycles. The van der Waals surface area contributed by atoms with Crippen LogP contribution in [0.1, 0.15) is 19.3 Å². The van der Waals surface area contributed by atoms with Crippen LogP contribution < -0.4 is 0 Å². The van der Waals surface area contributed by atoms with Crippen molar-refractivity contribution in [3.8, 4) is 0 Å². The maximum absolute atomic E-state index is 11.3. The fourth-order valence-corrected chi connectivity index (χ4v) is 1.76. The molecule has 1 aliphatic rings. The fraction of sp³-hybridized carbons (Fsp3) is 0.875. The second-order valence-corrected chi connectivity index (χ2v) is 3.87. The van der Waals surface area contributed by atoms with Gasteiger partial charge in [-0.1, -0.05) is 15.9 Å². The molecule has 0 bridgehead atoms. The minimum atomic E-state index is -0.307. The number of piperidine rings is 1. The lowest BCUT2D eigenvalue weighted by Gasteiger charge is -2.29. The third-order valence-corrected chi connectivity index (χ3v) is 2.45. The lowest BCUT2D eigenvalue weighted by molar-refractivity contribution is -0.133. The molecule has 1 atom stereocenters. The van der Waals surface area contributed by atoms with Gasteiger partial charge in [0.05, 0.1) is 6.10 Å². The molecule has 0 aromatic rings. The summed E-state index contributed by atoms with van der Waals surface area (Å²) in [4.78, 5) is 13.1. The molecule has 1 fully saturated rings. The maximum atomic E-state index is 11.3. The van der Waals surface area contributed by atoms with Gasteiger partial charge in [0, 0.05) is 24.8 Å². The zero-order valence-electron chi connectivity index (χ0n) is 7.00. The Balaban J connectivity index is 2.35. The summed E-state index contributed by atoms with van der Waals surface area (Å²) in [5, 5.41) is 10.00. The van der Waals surface area contributed by atoms with Crippen LogP contribution in [-0.4, -0.2) is 40.4 Å². The lowest BCUT2D eigenvalue weighted by Crippen LogP contribution is -2.42. The monoisotopic (exact) mass is 235 g/mol. The highest BCUT2D eigenvalue weighted by molar-refractivity contribution is 9.09. The lowest BCUT2D eigenvalue weighted by atomic mass is 10.1. The smallest absolute Gasteiger partial charge is 0.223 e. The van der Waals surface area contributed by atoms with Gasteiger partial charge in [-0.15, -0.1) is 0 Å². The number of hydrogen-bond donors (Lipinski definition) is 1. The summed E-state index contributed by atoms with van der Waals surface area (Å²) in [6.07, 6.45) is 1.98. The molecule has 1 aliphatic heterocycles. The highest BCUT2D eigenvalue weighted by Gasteiger charge is 2.20. The van der Waals surface area contributed by atoms with Gasteiger partial charge in [-0.25, -0.2) is 0 Å². The summed E-state index contributed by atoms with van der Waals surface area (Å²) < 4.78 is 0. The first-order valence-electron chi connectivity index (χ1n) is 4.26. The Hall–Kier alpha value is -0.0900. The van der Waals surface area contributed by atoms with E-state index in [1.54, 1.807) is 4.90 Å². The number of β-amino-alcohol motifs (C(OH)–C–C–N with tert-alkyl or cyclic N) is 1. The standard InChI is InChI=1S/C8H14BrNO2/c9-4-3-8(12)10-5-1-2-7(11)6-10/h7,11H,1-6H2. The molecule has 70 valence electrons. The van der Waals surface area contributed by atoms with Gasteiger partial charge in [-0.05, 0) is 12.8 Å². The molecule has 0 spiro atoms. The molecule has 1 saturated heterocycles. The molecule has 4 heteroatoms. The number of alkyl halides is 1. The van der Waals surface area contributed by atoms with E-state index >= 15 is 0 Å². The van der Waals surface area contributed by atoms with Crippen molar-refractivity contribution in [3.05, 3.63) is 0 Å². The Morgan fingerprint density at radius 3 is 3.00 bits per heavy atom. The molecule has 0 aromatic heterocycles. The number of rotatable bonds is 2. The summed E-state index contributed by atoms with van der Waals surface area (Å²) in [7, 11) is 0. The maximum Gasteiger partial charge on any atom is 0.223 e. The van der Waals surface area contributed by atoms with Crippen molar-refractivity contribution >= 4 is 21.8 Å². The molecular formula is C8H14BrNO2. The number of hydrogen-bond acceptors (Lipinski definition) is 2. The Morgan fingerprint density at radius 2 is 2.42 bits per heavy atom. The van der Waals surface area contributed by atoms with Gasteiger partial charge < -0.3 is 10.0 Å². The highest BCUT2D eigenvalue weighted by atomic mass is 79.9. The third-order valence-electron chi connectivity index (χ3n) is 2.06. The van der Waals surface area contributed by atoms with Crippen LogP contribution in [0.25, 0.3) is 0 Å². The quantitative estimate of drug-likeness (QED) is 0.719. The van der Waals surface area contributed by atoms with E-state index in [9.17, 15) is 9.90 Å². The number of likely N-dealkylation sites (tertiary alicyclic amines) is 1. The van der Waals surface area contributed by atoms with E-state index in [2.05, 4.69) is 15.9 Å². The van der Waals surface area contributed by atoms with Gasteiger partial charge in [0.2, 0.25) is 5.91 Å². The normalized spacial score (nSPS) is 24.2. The number of halogens is 1. The predicted molar refractivity (Wildman–Crippen MR) is 50.2 cm³/mol. The van der Waals surface area contributed by atoms with Crippen molar-refractivity contribution in [1.29, 1.82) is 0 Å². The molecule has 3 nitrogen and oxygen atoms in total. The van der Waals surface area contributed by atoms with Crippen LogP contribution >= 0.6 is 15.9 Å². The SMILES string of the molecule is O=C(CCBr)N1CCCC(O)C1. The predicted octanol–water partition coefficient (Wildman–Crippen LogP) is 0.755. The summed E-state index contributed by atoms with van der Waals surface area (Å²) in [6.45, 7) is 1.33. The number of aliphatic hydroxyl groups excluding tert-OH is 1. The van der Waals surface area contributed by atoms with E-state index in [4.69, 9.17) is 0 Å². The molecule has 12 heavy (non-hydrogen) atoms. The van der Waals surface area contributed by atoms with Gasteiger partial charge in [-0.2, -0.15) is 0 Å². The number of carbonyl (C=O) groups is 1. The average Bonchev–Trinajstić information content (AvgIpc) is 2.05. The van der Waals surface area contributed by atoms with Crippen molar-refractivity contribution in [3.63, 3.8) is 0 Å². The van der Waals surface area contributed by atoms with Crippen molar-refractivity contribution in [1.82, 2.24) is 4.90 Å². The van der Waals surface area contributed by atoms with Gasteiger partial charge in [0.1, 0.15) is 0 Å². The Kier molecular flexibility index (Phi) is 4.01. The van der Waals surface area contributed by atoms with E-state index in [1.165, 1.54) is 0 Å². The zero-order chi connectivity index (χ0) is 8.97. The van der Waals surface area contributed by atoms with Gasteiger partial charge in [-0.3, -0.25) is 4.79 Å². The summed E-state index contributed by atoms with van der Waals surface area (Å²) >= 11 is 3.22. The number of aliphatic hydroxyl groups is 1. The largest absolute Gasteiger partial charge is 0.391 e. The molecule has 1 amide bonds. The number of carbonyl (C=O) groups excluding carboxylic acids is 1. The molecule has 1 N–H and O–H groups in total. The van der Waals surface area contributed by atoms with Crippen molar-refractivity contribution in [2.45, 2.75) is 25.4 Å². The van der Waals surface area contributed by atoms with Crippen LogP contribution in [0.15, 0.2) is 0 Å². The topological polar surface area (TPSA) is 40.5 Å². The number of nitrogens with zero attached hydrogens (tertiary/aromatic N) is 1. The average molecular weight is 236 g/mol. The summed E-state index contributed by atoms with van der Waals surface area (Å²) in [5.74, 6) is 0.144. The summed E-state index contributed by atoms with van der Waals surface area (Å²) in [6, 6.07) is 0. The second kappa shape index (κ2) is 4.82. The van der Waals surface area contributed by atoms with Crippen LogP contribution in [0.3, 0.4) is 0 Å². The van der Waals surface area contributed by atoms with E-state index in [0.717, 1.165) is 19.4 Å². The minimum Gasteiger partial charge on any atom is -0.391 e. The summed E-state index contributed by atoms with van der Waals surface area (Å²) in [5.41, 5.74) is 0. The molecule has 0 saturated carbocycles. The van der Waals surface area contributed by atoms with E-state index in [1.807, 2.05) is 0 Å². The van der Waals surface area contributed by atoms with Crippen LogP contribution in [0.5, 0.6) is 0 Å². The molecule has 0 aromatic carbocycles. The van der Waals surface area contributed by atoms with Crippen LogP contribution in [0.4, 0.5) is 0 Å². The molecule has 1 heterocycles. The molecule has 1 unspecified atom stereocenters. The molecule has 1 rings (SSSR count). The Morgan fingerprint density at radius 1 is 1.67 bits per heavy atom. The van der Waals surface area contributed by atoms with Gasteiger partial charge in [0.25, 0.3) is 0 Å². The van der Waals surface area contributed by atoms with Crippen LogP contribution in [0, 0.1) is 0 Å². The van der Waals surface area contributed by atoms with Crippen LogP contribution in [-0.2, 0) is 4.79 Å². The van der Waals surface area contributed by atoms with E-state index in [-0.39, 0.29) is 12.0 Å². The first kappa shape index (κ1) is 9.99. The number of amides is 1. The van der Waals surface area contributed by atoms with E-state index < -0.39 is 0 Å². The van der Waals surface area contributed by atoms with Crippen LogP contribution in [0.2, 0.25) is 0 Å². The minimum absolute atomic E-state index is 0.144. The zero-order valence-corrected chi connectivity index (χ0v) is 8.59. The van der Waals surface area contributed by atoms with Crippen molar-refractivity contribution < 1.29 is 9.90 Å². The second-order valence-electron chi connectivity index (χ2n) is 3.07. The third kappa shape index (κ3) is 2.75. The van der Waals surface area contributed by atoms with Gasteiger partial charge in [0.15, 0.2) is 0 Å². The molecule has 0 radical (unpaired) electrons. The highest BCUT2D eigenvalue weighted by Crippen LogP contribution is 2.10. The van der Waals surface area contributed by atoms with E-state index in [0.29, 0.717) is 18.3 Å². The van der Waals surface area contributed by atoms with Gasteiger partial charge >= 0.3 is 0 Å². The first-order chi connectivity index (χ1) is 5.74. The fourth-order valence-electron chi connectivity index (χ4n) is 1.42. The Labute approximate surface area is 80.9 Å². The van der Waals surface area contributed by atoms with Crippen molar-refractivity contribution in [2.75, 3.05) is 18.4 Å².